The topological polar surface area (TPSA) is 83.2 Å². The van der Waals surface area contributed by atoms with E-state index in [9.17, 15) is 14.0 Å². The lowest BCUT2D eigenvalue weighted by Gasteiger charge is -2.09. The highest BCUT2D eigenvalue weighted by Crippen LogP contribution is 2.24. The normalized spacial score (nSPS) is 13.4. The maximum absolute atomic E-state index is 14.2. The van der Waals surface area contributed by atoms with Gasteiger partial charge in [0.2, 0.25) is 0 Å². The van der Waals surface area contributed by atoms with Crippen LogP contribution in [-0.2, 0) is 6.42 Å². The van der Waals surface area contributed by atoms with Gasteiger partial charge in [-0.3, -0.25) is 9.59 Å². The van der Waals surface area contributed by atoms with Gasteiger partial charge in [-0.25, -0.2) is 4.39 Å². The van der Waals surface area contributed by atoms with E-state index in [2.05, 4.69) is 15.6 Å². The number of fused-ring (bicyclic) bond motifs is 1. The van der Waals surface area contributed by atoms with Crippen molar-refractivity contribution >= 4 is 17.4 Å². The highest BCUT2D eigenvalue weighted by Gasteiger charge is 2.22. The second-order valence-corrected chi connectivity index (χ2v) is 6.15. The zero-order chi connectivity index (χ0) is 18.5. The van der Waals surface area contributed by atoms with Gasteiger partial charge in [0.05, 0.1) is 5.69 Å². The van der Waals surface area contributed by atoms with Crippen LogP contribution in [0.15, 0.2) is 24.3 Å². The van der Waals surface area contributed by atoms with E-state index >= 15 is 0 Å². The lowest BCUT2D eigenvalue weighted by molar-refractivity contribution is 0.0972. The van der Waals surface area contributed by atoms with Crippen LogP contribution in [0.25, 0.3) is 0 Å². The lowest BCUT2D eigenvalue weighted by atomic mass is 9.97. The molecule has 0 atom stereocenters. The van der Waals surface area contributed by atoms with E-state index in [4.69, 9.17) is 4.74 Å². The van der Waals surface area contributed by atoms with Gasteiger partial charge in [0, 0.05) is 30.3 Å². The number of halogens is 1. The second kappa shape index (κ2) is 8.14. The van der Waals surface area contributed by atoms with Crippen molar-refractivity contribution < 1.29 is 18.7 Å². The summed E-state index contributed by atoms with van der Waals surface area (Å²) in [5.41, 5.74) is 1.66. The van der Waals surface area contributed by atoms with E-state index < -0.39 is 11.7 Å². The third-order valence-electron chi connectivity index (χ3n) is 4.26. The maximum Gasteiger partial charge on any atom is 0.272 e. The Morgan fingerprint density at radius 2 is 2.15 bits per heavy atom. The molecule has 138 valence electrons. The molecule has 0 unspecified atom stereocenters. The Bertz CT molecular complexity index is 816. The van der Waals surface area contributed by atoms with Crippen molar-refractivity contribution in [2.45, 2.75) is 26.2 Å². The minimum absolute atomic E-state index is 0.0341. The van der Waals surface area contributed by atoms with Crippen LogP contribution in [0.5, 0.6) is 5.75 Å². The number of ether oxygens (including phenoxy) is 1. The highest BCUT2D eigenvalue weighted by molar-refractivity contribution is 6.06. The van der Waals surface area contributed by atoms with Gasteiger partial charge >= 0.3 is 0 Å². The van der Waals surface area contributed by atoms with Gasteiger partial charge in [0.25, 0.3) is 5.91 Å². The number of carbonyl (C=O) groups excluding carboxylic acids is 2. The number of nitrogens with one attached hydrogen (secondary N) is 3. The molecule has 0 fully saturated rings. The number of hydrogen-bond acceptors (Lipinski definition) is 4. The van der Waals surface area contributed by atoms with E-state index in [1.807, 2.05) is 6.92 Å². The maximum atomic E-state index is 14.2. The molecule has 2 aromatic rings. The number of amides is 1. The quantitative estimate of drug-likeness (QED) is 0.664. The fourth-order valence-corrected chi connectivity index (χ4v) is 2.92. The molecule has 0 aliphatic heterocycles. The molecule has 1 aliphatic rings. The molecule has 7 heteroatoms. The minimum Gasteiger partial charge on any atom is -0.492 e. The fourth-order valence-electron chi connectivity index (χ4n) is 2.92. The number of likely N-dealkylation sites (N-methyl/N-ethyl adjacent to an activating group) is 1. The predicted molar refractivity (Wildman–Crippen MR) is 96.5 cm³/mol. The molecule has 1 aromatic heterocycles. The zero-order valence-corrected chi connectivity index (χ0v) is 14.7. The summed E-state index contributed by atoms with van der Waals surface area (Å²) in [7, 11) is 0. The van der Waals surface area contributed by atoms with Crippen molar-refractivity contribution in [2.75, 3.05) is 25.0 Å². The van der Waals surface area contributed by atoms with Gasteiger partial charge in [-0.1, -0.05) is 6.92 Å². The van der Waals surface area contributed by atoms with Crippen LogP contribution < -0.4 is 15.4 Å². The molecule has 1 heterocycles. The molecule has 0 bridgehead atoms. The largest absolute Gasteiger partial charge is 0.492 e. The van der Waals surface area contributed by atoms with E-state index in [-0.39, 0.29) is 17.2 Å². The summed E-state index contributed by atoms with van der Waals surface area (Å²) in [5.74, 6) is -0.621. The third kappa shape index (κ3) is 4.11. The summed E-state index contributed by atoms with van der Waals surface area (Å²) in [6, 6.07) is 5.85. The number of anilines is 1. The molecule has 1 aliphatic carbocycles. The molecule has 6 nitrogen and oxygen atoms in total. The van der Waals surface area contributed by atoms with Gasteiger partial charge < -0.3 is 20.4 Å². The first-order chi connectivity index (χ1) is 12.6. The molecule has 0 saturated heterocycles. The second-order valence-electron chi connectivity index (χ2n) is 6.15. The Morgan fingerprint density at radius 1 is 1.31 bits per heavy atom. The van der Waals surface area contributed by atoms with Crippen molar-refractivity contribution in [2.24, 2.45) is 0 Å². The van der Waals surface area contributed by atoms with Crippen LogP contribution in [0.3, 0.4) is 0 Å². The number of hydrogen-bond donors (Lipinski definition) is 3. The molecule has 1 aromatic carbocycles. The van der Waals surface area contributed by atoms with E-state index in [1.54, 1.807) is 12.1 Å². The first kappa shape index (κ1) is 18.1. The summed E-state index contributed by atoms with van der Waals surface area (Å²) in [5, 5.41) is 5.64. The Balaban J connectivity index is 1.65. The molecule has 3 rings (SSSR count). The summed E-state index contributed by atoms with van der Waals surface area (Å²) in [6.45, 7) is 3.94. The number of carbonyl (C=O) groups is 2. The number of benzene rings is 1. The molecule has 3 N–H and O–H groups in total. The average Bonchev–Trinajstić information content (AvgIpc) is 3.07. The van der Waals surface area contributed by atoms with E-state index in [0.29, 0.717) is 30.9 Å². The number of aryl methyl sites for hydroxylation is 1. The smallest absolute Gasteiger partial charge is 0.272 e. The van der Waals surface area contributed by atoms with Crippen LogP contribution in [-0.4, -0.2) is 36.4 Å². The zero-order valence-electron chi connectivity index (χ0n) is 14.7. The average molecular weight is 359 g/mol. The van der Waals surface area contributed by atoms with Crippen LogP contribution in [0.1, 0.15) is 46.3 Å². The number of aromatic amines is 1. The van der Waals surface area contributed by atoms with Crippen molar-refractivity contribution in [3.05, 3.63) is 47.0 Å². The fraction of sp³-hybridized carbons (Fsp3) is 0.368. The Labute approximate surface area is 151 Å². The summed E-state index contributed by atoms with van der Waals surface area (Å²) < 4.78 is 19.7. The molecule has 1 amide bonds. The summed E-state index contributed by atoms with van der Waals surface area (Å²) in [6.07, 6.45) is 2.01. The van der Waals surface area contributed by atoms with Crippen LogP contribution in [0.2, 0.25) is 0 Å². The van der Waals surface area contributed by atoms with E-state index in [0.717, 1.165) is 25.1 Å². The van der Waals surface area contributed by atoms with Crippen LogP contribution >= 0.6 is 0 Å². The van der Waals surface area contributed by atoms with Crippen molar-refractivity contribution in [3.8, 4) is 5.75 Å². The number of H-pyrrole nitrogens is 1. The van der Waals surface area contributed by atoms with Crippen molar-refractivity contribution in [1.82, 2.24) is 10.3 Å². The molecule has 0 radical (unpaired) electrons. The molecular weight excluding hydrogens is 337 g/mol. The van der Waals surface area contributed by atoms with Crippen molar-refractivity contribution in [3.63, 3.8) is 0 Å². The lowest BCUT2D eigenvalue weighted by Crippen LogP contribution is -2.20. The van der Waals surface area contributed by atoms with E-state index in [1.165, 1.54) is 12.1 Å². The van der Waals surface area contributed by atoms with Crippen LogP contribution in [0.4, 0.5) is 10.1 Å². The van der Waals surface area contributed by atoms with Crippen molar-refractivity contribution in [1.29, 1.82) is 0 Å². The van der Waals surface area contributed by atoms with Gasteiger partial charge in [0.1, 0.15) is 23.9 Å². The third-order valence-corrected chi connectivity index (χ3v) is 4.26. The van der Waals surface area contributed by atoms with Gasteiger partial charge in [0.15, 0.2) is 5.78 Å². The Kier molecular flexibility index (Phi) is 5.68. The predicted octanol–water partition coefficient (Wildman–Crippen LogP) is 2.91. The minimum atomic E-state index is -0.577. The van der Waals surface area contributed by atoms with Crippen LogP contribution in [0, 0.1) is 5.82 Å². The summed E-state index contributed by atoms with van der Waals surface area (Å²) >= 11 is 0. The molecule has 0 spiro atoms. The first-order valence-electron chi connectivity index (χ1n) is 8.78. The number of aromatic nitrogens is 1. The number of ketones is 1. The standard InChI is InChI=1S/C19H22FN3O3/c1-2-21-8-9-26-12-6-7-16(14(20)10-12)23-19(25)17-11-13-15(22-17)4-3-5-18(13)24/h6-7,10-11,21-22H,2-5,8-9H2,1H3,(H,23,25). The molecule has 0 saturated carbocycles. The SMILES string of the molecule is CCNCCOc1ccc(NC(=O)c2cc3c([nH]2)CCCC3=O)c(F)c1. The Morgan fingerprint density at radius 3 is 2.88 bits per heavy atom. The molecule has 26 heavy (non-hydrogen) atoms. The van der Waals surface area contributed by atoms with Gasteiger partial charge in [-0.15, -0.1) is 0 Å². The Hall–Kier alpha value is -2.67. The van der Waals surface area contributed by atoms with Gasteiger partial charge in [-0.2, -0.15) is 0 Å². The number of Topliss-reactive ketones (excluding diaryl/α,β-unsaturated/α-hetero) is 1. The molecular formula is C19H22FN3O3. The highest BCUT2D eigenvalue weighted by atomic mass is 19.1. The van der Waals surface area contributed by atoms with Gasteiger partial charge in [-0.05, 0) is 37.6 Å². The number of rotatable bonds is 7. The first-order valence-corrected chi connectivity index (χ1v) is 8.78. The monoisotopic (exact) mass is 359 g/mol. The summed E-state index contributed by atoms with van der Waals surface area (Å²) in [4.78, 5) is 27.2.